The lowest BCUT2D eigenvalue weighted by atomic mass is 9.83. The van der Waals surface area contributed by atoms with E-state index in [0.717, 1.165) is 18.1 Å². The molecule has 3 heteroatoms. The third-order valence-corrected chi connectivity index (χ3v) is 3.77. The van der Waals surface area contributed by atoms with E-state index >= 15 is 0 Å². The summed E-state index contributed by atoms with van der Waals surface area (Å²) in [6.07, 6.45) is 9.76. The Labute approximate surface area is 97.4 Å². The van der Waals surface area contributed by atoms with Gasteiger partial charge in [-0.25, -0.2) is 0 Å². The zero-order valence-electron chi connectivity index (χ0n) is 10.0. The standard InChI is InChI=1S/C13H22N2O/c1-10-12(7-8-16-10)13(15-14)9-11-5-3-2-4-6-11/h7-8,11,13,15H,2-6,9,14H2,1H3. The van der Waals surface area contributed by atoms with E-state index in [0.29, 0.717) is 0 Å². The van der Waals surface area contributed by atoms with Gasteiger partial charge in [-0.05, 0) is 25.3 Å². The lowest BCUT2D eigenvalue weighted by Crippen LogP contribution is -2.30. The number of aryl methyl sites for hydroxylation is 1. The average molecular weight is 222 g/mol. The number of nitrogens with one attached hydrogen (secondary N) is 1. The Morgan fingerprint density at radius 1 is 1.44 bits per heavy atom. The third-order valence-electron chi connectivity index (χ3n) is 3.77. The highest BCUT2D eigenvalue weighted by atomic mass is 16.3. The zero-order valence-corrected chi connectivity index (χ0v) is 10.0. The van der Waals surface area contributed by atoms with E-state index in [1.165, 1.54) is 37.7 Å². The topological polar surface area (TPSA) is 51.2 Å². The van der Waals surface area contributed by atoms with Crippen LogP contribution in [0.5, 0.6) is 0 Å². The van der Waals surface area contributed by atoms with Gasteiger partial charge in [0.05, 0.1) is 6.26 Å². The molecule has 1 aliphatic carbocycles. The van der Waals surface area contributed by atoms with Crippen LogP contribution in [0, 0.1) is 12.8 Å². The summed E-state index contributed by atoms with van der Waals surface area (Å²) in [5, 5.41) is 0. The molecule has 1 atom stereocenters. The number of rotatable bonds is 4. The minimum atomic E-state index is 0.252. The molecule has 0 saturated heterocycles. The van der Waals surface area contributed by atoms with Crippen LogP contribution in [0.2, 0.25) is 0 Å². The van der Waals surface area contributed by atoms with Crippen molar-refractivity contribution < 1.29 is 4.42 Å². The molecular weight excluding hydrogens is 200 g/mol. The predicted molar refractivity (Wildman–Crippen MR) is 64.7 cm³/mol. The van der Waals surface area contributed by atoms with E-state index in [2.05, 4.69) is 5.43 Å². The summed E-state index contributed by atoms with van der Waals surface area (Å²) in [5.41, 5.74) is 4.15. The highest BCUT2D eigenvalue weighted by Gasteiger charge is 2.21. The normalized spacial score (nSPS) is 19.9. The highest BCUT2D eigenvalue weighted by Crippen LogP contribution is 2.32. The van der Waals surface area contributed by atoms with E-state index in [1.54, 1.807) is 6.26 Å². The average Bonchev–Trinajstić information content (AvgIpc) is 2.74. The minimum absolute atomic E-state index is 0.252. The van der Waals surface area contributed by atoms with Crippen LogP contribution in [-0.4, -0.2) is 0 Å². The molecule has 1 saturated carbocycles. The first-order chi connectivity index (χ1) is 7.81. The Hall–Kier alpha value is -0.800. The summed E-state index contributed by atoms with van der Waals surface area (Å²) in [5.74, 6) is 7.47. The molecule has 0 radical (unpaired) electrons. The quantitative estimate of drug-likeness (QED) is 0.608. The molecule has 1 fully saturated rings. The molecule has 0 aliphatic heterocycles. The van der Waals surface area contributed by atoms with Gasteiger partial charge in [-0.2, -0.15) is 0 Å². The SMILES string of the molecule is Cc1occc1C(CC1CCCCC1)NN. The van der Waals surface area contributed by atoms with Gasteiger partial charge >= 0.3 is 0 Å². The molecule has 1 heterocycles. The van der Waals surface area contributed by atoms with E-state index in [4.69, 9.17) is 10.3 Å². The van der Waals surface area contributed by atoms with Crippen LogP contribution >= 0.6 is 0 Å². The van der Waals surface area contributed by atoms with Crippen molar-refractivity contribution in [3.05, 3.63) is 23.7 Å². The van der Waals surface area contributed by atoms with E-state index < -0.39 is 0 Å². The Morgan fingerprint density at radius 3 is 2.75 bits per heavy atom. The molecular formula is C13H22N2O. The van der Waals surface area contributed by atoms with Crippen LogP contribution in [0.15, 0.2) is 16.7 Å². The maximum Gasteiger partial charge on any atom is 0.105 e. The lowest BCUT2D eigenvalue weighted by molar-refractivity contribution is 0.299. The molecule has 0 amide bonds. The van der Waals surface area contributed by atoms with Gasteiger partial charge in [0.25, 0.3) is 0 Å². The van der Waals surface area contributed by atoms with Crippen molar-refractivity contribution >= 4 is 0 Å². The van der Waals surface area contributed by atoms with Crippen LogP contribution in [0.25, 0.3) is 0 Å². The van der Waals surface area contributed by atoms with Crippen molar-refractivity contribution in [2.75, 3.05) is 0 Å². The van der Waals surface area contributed by atoms with Gasteiger partial charge in [-0.3, -0.25) is 11.3 Å². The van der Waals surface area contributed by atoms with Crippen molar-refractivity contribution in [1.29, 1.82) is 0 Å². The van der Waals surface area contributed by atoms with Crippen LogP contribution in [0.1, 0.15) is 55.9 Å². The molecule has 0 spiro atoms. The summed E-state index contributed by atoms with van der Waals surface area (Å²) < 4.78 is 5.34. The lowest BCUT2D eigenvalue weighted by Gasteiger charge is -2.26. The van der Waals surface area contributed by atoms with Gasteiger partial charge in [0.2, 0.25) is 0 Å². The maximum absolute atomic E-state index is 5.66. The molecule has 90 valence electrons. The second-order valence-corrected chi connectivity index (χ2v) is 4.89. The third kappa shape index (κ3) is 2.66. The van der Waals surface area contributed by atoms with Crippen LogP contribution < -0.4 is 11.3 Å². The number of furan rings is 1. The molecule has 16 heavy (non-hydrogen) atoms. The fourth-order valence-electron chi connectivity index (χ4n) is 2.80. The second kappa shape index (κ2) is 5.51. The van der Waals surface area contributed by atoms with E-state index in [1.807, 2.05) is 13.0 Å². The highest BCUT2D eigenvalue weighted by molar-refractivity contribution is 5.20. The van der Waals surface area contributed by atoms with Crippen molar-refractivity contribution in [3.8, 4) is 0 Å². The van der Waals surface area contributed by atoms with Crippen LogP contribution in [-0.2, 0) is 0 Å². The molecule has 1 aromatic rings. The Bertz CT molecular complexity index is 315. The van der Waals surface area contributed by atoms with Gasteiger partial charge in [-0.1, -0.05) is 32.1 Å². The van der Waals surface area contributed by atoms with Crippen molar-refractivity contribution in [2.24, 2.45) is 11.8 Å². The molecule has 1 aliphatic rings. The molecule has 0 aromatic carbocycles. The fraction of sp³-hybridized carbons (Fsp3) is 0.692. The largest absolute Gasteiger partial charge is 0.469 e. The van der Waals surface area contributed by atoms with Gasteiger partial charge in [0.1, 0.15) is 5.76 Å². The summed E-state index contributed by atoms with van der Waals surface area (Å²) in [7, 11) is 0. The number of hydrazine groups is 1. The van der Waals surface area contributed by atoms with Crippen molar-refractivity contribution in [1.82, 2.24) is 5.43 Å². The summed E-state index contributed by atoms with van der Waals surface area (Å²) in [4.78, 5) is 0. The Morgan fingerprint density at radius 2 is 2.19 bits per heavy atom. The van der Waals surface area contributed by atoms with E-state index in [-0.39, 0.29) is 6.04 Å². The van der Waals surface area contributed by atoms with Crippen LogP contribution in [0.4, 0.5) is 0 Å². The molecule has 3 N–H and O–H groups in total. The number of hydrogen-bond donors (Lipinski definition) is 2. The Kier molecular flexibility index (Phi) is 4.02. The first kappa shape index (κ1) is 11.7. The first-order valence-corrected chi connectivity index (χ1v) is 6.31. The second-order valence-electron chi connectivity index (χ2n) is 4.89. The van der Waals surface area contributed by atoms with Gasteiger partial charge in [0.15, 0.2) is 0 Å². The Balaban J connectivity index is 1.97. The van der Waals surface area contributed by atoms with Gasteiger partial charge < -0.3 is 4.42 Å². The minimum Gasteiger partial charge on any atom is -0.469 e. The molecule has 1 unspecified atom stereocenters. The molecule has 2 rings (SSSR count). The summed E-state index contributed by atoms with van der Waals surface area (Å²) >= 11 is 0. The fourth-order valence-corrected chi connectivity index (χ4v) is 2.80. The molecule has 1 aromatic heterocycles. The summed E-state index contributed by atoms with van der Waals surface area (Å²) in [6, 6.07) is 2.28. The predicted octanol–water partition coefficient (Wildman–Crippen LogP) is 3.06. The zero-order chi connectivity index (χ0) is 11.4. The maximum atomic E-state index is 5.66. The monoisotopic (exact) mass is 222 g/mol. The number of nitrogens with two attached hydrogens (primary N) is 1. The van der Waals surface area contributed by atoms with Crippen molar-refractivity contribution in [3.63, 3.8) is 0 Å². The van der Waals surface area contributed by atoms with Crippen LogP contribution in [0.3, 0.4) is 0 Å². The number of hydrogen-bond acceptors (Lipinski definition) is 3. The van der Waals surface area contributed by atoms with Crippen molar-refractivity contribution in [2.45, 2.75) is 51.5 Å². The summed E-state index contributed by atoms with van der Waals surface area (Å²) in [6.45, 7) is 2.00. The smallest absolute Gasteiger partial charge is 0.105 e. The molecule has 3 nitrogen and oxygen atoms in total. The molecule has 0 bridgehead atoms. The van der Waals surface area contributed by atoms with Gasteiger partial charge in [0, 0.05) is 11.6 Å². The van der Waals surface area contributed by atoms with E-state index in [9.17, 15) is 0 Å². The first-order valence-electron chi connectivity index (χ1n) is 6.31. The van der Waals surface area contributed by atoms with Gasteiger partial charge in [-0.15, -0.1) is 0 Å².